The third kappa shape index (κ3) is 37.0. The summed E-state index contributed by atoms with van der Waals surface area (Å²) < 4.78 is 0. The SMILES string of the molecule is CCCCCCCCCCC/C=C\C/C=C\CCCCCCCCCCCCCCC(O)C(=O)NC(CO)C(O)CCCCCCCCCCC. The fraction of sp³-hybridized carbons (Fsp3) is 0.891. The van der Waals surface area contributed by atoms with Gasteiger partial charge in [-0.3, -0.25) is 4.79 Å². The van der Waals surface area contributed by atoms with Crippen molar-refractivity contribution < 1.29 is 20.1 Å². The molecule has 0 bridgehead atoms. The Bertz CT molecular complexity index is 754. The fourth-order valence-electron chi connectivity index (χ4n) is 6.99. The second kappa shape index (κ2) is 41.6. The lowest BCUT2D eigenvalue weighted by Gasteiger charge is -2.23. The minimum atomic E-state index is -1.07. The quantitative estimate of drug-likeness (QED) is 0.0374. The van der Waals surface area contributed by atoms with E-state index < -0.39 is 24.2 Å². The summed E-state index contributed by atoms with van der Waals surface area (Å²) >= 11 is 0. The Kier molecular flexibility index (Phi) is 40.6. The molecular formula is C46H89NO4. The molecule has 5 nitrogen and oxygen atoms in total. The summed E-state index contributed by atoms with van der Waals surface area (Å²) in [6.45, 7) is 4.21. The molecule has 0 aromatic heterocycles. The summed E-state index contributed by atoms with van der Waals surface area (Å²) in [5.74, 6) is -0.473. The Labute approximate surface area is 318 Å². The summed E-state index contributed by atoms with van der Waals surface area (Å²) in [5.41, 5.74) is 0. The first-order valence-electron chi connectivity index (χ1n) is 22.6. The van der Waals surface area contributed by atoms with E-state index in [1.165, 1.54) is 173 Å². The minimum Gasteiger partial charge on any atom is -0.394 e. The fourth-order valence-corrected chi connectivity index (χ4v) is 6.99. The van der Waals surface area contributed by atoms with Crippen molar-refractivity contribution in [1.29, 1.82) is 0 Å². The zero-order valence-electron chi connectivity index (χ0n) is 34.2. The van der Waals surface area contributed by atoms with Gasteiger partial charge >= 0.3 is 0 Å². The number of carbonyl (C=O) groups excluding carboxylic acids is 1. The first kappa shape index (κ1) is 49.8. The topological polar surface area (TPSA) is 89.8 Å². The van der Waals surface area contributed by atoms with Crippen molar-refractivity contribution in [2.24, 2.45) is 0 Å². The third-order valence-corrected chi connectivity index (χ3v) is 10.6. The second-order valence-electron chi connectivity index (χ2n) is 15.6. The van der Waals surface area contributed by atoms with Crippen LogP contribution >= 0.6 is 0 Å². The van der Waals surface area contributed by atoms with Gasteiger partial charge in [-0.1, -0.05) is 218 Å². The molecule has 0 aromatic rings. The first-order chi connectivity index (χ1) is 25.1. The number of amides is 1. The van der Waals surface area contributed by atoms with Gasteiger partial charge in [0.15, 0.2) is 0 Å². The number of aliphatic hydroxyl groups is 3. The highest BCUT2D eigenvalue weighted by Gasteiger charge is 2.23. The van der Waals surface area contributed by atoms with Crippen LogP contribution in [0.2, 0.25) is 0 Å². The molecule has 51 heavy (non-hydrogen) atoms. The molecule has 0 aromatic carbocycles. The molecule has 0 saturated carbocycles. The van der Waals surface area contributed by atoms with E-state index in [1.807, 2.05) is 0 Å². The molecule has 0 rings (SSSR count). The van der Waals surface area contributed by atoms with Crippen LogP contribution in [0.4, 0.5) is 0 Å². The number of unbranched alkanes of at least 4 members (excludes halogenated alkanes) is 29. The Balaban J connectivity index is 3.53. The highest BCUT2D eigenvalue weighted by molar-refractivity contribution is 5.80. The number of rotatable bonds is 41. The third-order valence-electron chi connectivity index (χ3n) is 10.6. The van der Waals surface area contributed by atoms with Gasteiger partial charge in [0.05, 0.1) is 18.8 Å². The molecule has 0 saturated heterocycles. The van der Waals surface area contributed by atoms with Crippen molar-refractivity contribution in [3.05, 3.63) is 24.3 Å². The molecule has 5 heteroatoms. The zero-order chi connectivity index (χ0) is 37.3. The van der Waals surface area contributed by atoms with E-state index in [0.717, 1.165) is 38.5 Å². The number of nitrogens with one attached hydrogen (secondary N) is 1. The van der Waals surface area contributed by atoms with Gasteiger partial charge in [0, 0.05) is 0 Å². The number of hydrogen-bond acceptors (Lipinski definition) is 4. The van der Waals surface area contributed by atoms with E-state index in [-0.39, 0.29) is 6.61 Å². The van der Waals surface area contributed by atoms with Crippen LogP contribution in [-0.4, -0.2) is 46.1 Å². The minimum absolute atomic E-state index is 0.313. The molecule has 3 unspecified atom stereocenters. The van der Waals surface area contributed by atoms with Crippen LogP contribution in [0.1, 0.15) is 239 Å². The first-order valence-corrected chi connectivity index (χ1v) is 22.6. The standard InChI is InChI=1S/C46H89NO4/c1-3-5-7-9-11-13-14-15-16-17-18-19-20-21-22-23-24-25-26-27-28-29-30-31-33-35-37-39-41-45(50)46(51)47-43(42-48)44(49)40-38-36-34-32-12-10-8-6-4-2/h18-19,21-22,43-45,48-50H,3-17,20,23-42H2,1-2H3,(H,47,51)/b19-18-,22-21-. The molecule has 0 aliphatic carbocycles. The summed E-state index contributed by atoms with van der Waals surface area (Å²) in [4.78, 5) is 12.4. The van der Waals surface area contributed by atoms with Gasteiger partial charge in [-0.05, 0) is 44.9 Å². The Hall–Kier alpha value is -1.17. The van der Waals surface area contributed by atoms with Crippen LogP contribution in [0.3, 0.4) is 0 Å². The highest BCUT2D eigenvalue weighted by atomic mass is 16.3. The van der Waals surface area contributed by atoms with Crippen LogP contribution < -0.4 is 5.32 Å². The maximum Gasteiger partial charge on any atom is 0.249 e. The molecule has 3 atom stereocenters. The predicted octanol–water partition coefficient (Wildman–Crippen LogP) is 13.0. The van der Waals surface area contributed by atoms with Gasteiger partial charge in [-0.2, -0.15) is 0 Å². The molecule has 0 fully saturated rings. The van der Waals surface area contributed by atoms with E-state index in [4.69, 9.17) is 0 Å². The highest BCUT2D eigenvalue weighted by Crippen LogP contribution is 2.16. The number of aliphatic hydroxyl groups excluding tert-OH is 3. The van der Waals surface area contributed by atoms with Gasteiger partial charge in [0.2, 0.25) is 5.91 Å². The van der Waals surface area contributed by atoms with E-state index in [1.54, 1.807) is 0 Å². The van der Waals surface area contributed by atoms with Gasteiger partial charge < -0.3 is 20.6 Å². The Morgan fingerprint density at radius 3 is 1.18 bits per heavy atom. The van der Waals surface area contributed by atoms with Gasteiger partial charge in [0.1, 0.15) is 6.10 Å². The molecule has 1 amide bonds. The van der Waals surface area contributed by atoms with Crippen LogP contribution in [0.25, 0.3) is 0 Å². The van der Waals surface area contributed by atoms with Crippen molar-refractivity contribution in [3.63, 3.8) is 0 Å². The molecule has 0 radical (unpaired) electrons. The van der Waals surface area contributed by atoms with Crippen LogP contribution in [0, 0.1) is 0 Å². The number of hydrogen-bond donors (Lipinski definition) is 4. The smallest absolute Gasteiger partial charge is 0.249 e. The maximum atomic E-state index is 12.4. The summed E-state index contributed by atoms with van der Waals surface area (Å²) in [5, 5.41) is 33.1. The largest absolute Gasteiger partial charge is 0.394 e. The maximum absolute atomic E-state index is 12.4. The van der Waals surface area contributed by atoms with E-state index >= 15 is 0 Å². The molecular weight excluding hydrogens is 631 g/mol. The summed E-state index contributed by atoms with van der Waals surface area (Å²) in [7, 11) is 0. The van der Waals surface area contributed by atoms with Crippen molar-refractivity contribution in [1.82, 2.24) is 5.32 Å². The van der Waals surface area contributed by atoms with Crippen molar-refractivity contribution in [2.75, 3.05) is 6.61 Å². The Morgan fingerprint density at radius 2 is 0.804 bits per heavy atom. The van der Waals surface area contributed by atoms with Gasteiger partial charge in [0.25, 0.3) is 0 Å². The molecule has 0 aliphatic heterocycles. The molecule has 4 N–H and O–H groups in total. The predicted molar refractivity (Wildman–Crippen MR) is 222 cm³/mol. The lowest BCUT2D eigenvalue weighted by Crippen LogP contribution is -2.49. The van der Waals surface area contributed by atoms with Gasteiger partial charge in [-0.25, -0.2) is 0 Å². The summed E-state index contributed by atoms with van der Waals surface area (Å²) in [6.07, 6.45) is 50.6. The van der Waals surface area contributed by atoms with Crippen LogP contribution in [-0.2, 0) is 4.79 Å². The van der Waals surface area contributed by atoms with Crippen molar-refractivity contribution >= 4 is 5.91 Å². The number of carbonyl (C=O) groups is 1. The Morgan fingerprint density at radius 1 is 0.471 bits per heavy atom. The molecule has 0 heterocycles. The summed E-state index contributed by atoms with van der Waals surface area (Å²) in [6, 6.07) is -0.708. The molecule has 0 aliphatic rings. The van der Waals surface area contributed by atoms with Gasteiger partial charge in [-0.15, -0.1) is 0 Å². The zero-order valence-corrected chi connectivity index (χ0v) is 34.2. The van der Waals surface area contributed by atoms with Crippen molar-refractivity contribution in [2.45, 2.75) is 257 Å². The lowest BCUT2D eigenvalue weighted by molar-refractivity contribution is -0.131. The molecule has 0 spiro atoms. The van der Waals surface area contributed by atoms with E-state index in [9.17, 15) is 20.1 Å². The monoisotopic (exact) mass is 720 g/mol. The van der Waals surface area contributed by atoms with Crippen LogP contribution in [0.5, 0.6) is 0 Å². The number of allylic oxidation sites excluding steroid dienone is 4. The van der Waals surface area contributed by atoms with Crippen molar-refractivity contribution in [3.8, 4) is 0 Å². The average Bonchev–Trinajstić information content (AvgIpc) is 3.13. The average molecular weight is 720 g/mol. The van der Waals surface area contributed by atoms with E-state index in [0.29, 0.717) is 12.8 Å². The normalized spacial score (nSPS) is 13.7. The van der Waals surface area contributed by atoms with E-state index in [2.05, 4.69) is 43.5 Å². The lowest BCUT2D eigenvalue weighted by atomic mass is 10.0. The van der Waals surface area contributed by atoms with Crippen LogP contribution in [0.15, 0.2) is 24.3 Å². The molecule has 302 valence electrons. The second-order valence-corrected chi connectivity index (χ2v) is 15.6.